The number of benzene rings is 1. The molecule has 0 saturated carbocycles. The van der Waals surface area contributed by atoms with Crippen molar-refractivity contribution in [3.05, 3.63) is 53.2 Å². The van der Waals surface area contributed by atoms with Crippen molar-refractivity contribution in [2.24, 2.45) is 4.99 Å². The van der Waals surface area contributed by atoms with E-state index >= 15 is 0 Å². The lowest BCUT2D eigenvalue weighted by atomic mass is 9.87. The lowest BCUT2D eigenvalue weighted by Gasteiger charge is -2.33. The predicted molar refractivity (Wildman–Crippen MR) is 86.4 cm³/mol. The van der Waals surface area contributed by atoms with Gasteiger partial charge < -0.3 is 9.64 Å². The molecule has 0 bridgehead atoms. The van der Waals surface area contributed by atoms with Gasteiger partial charge in [-0.15, -0.1) is 11.8 Å². The van der Waals surface area contributed by atoms with E-state index in [9.17, 15) is 18.4 Å². The molecule has 1 aromatic carbocycles. The number of rotatable bonds is 2. The quantitative estimate of drug-likeness (QED) is 0.799. The van der Waals surface area contributed by atoms with Crippen LogP contribution in [0.2, 0.25) is 0 Å². The van der Waals surface area contributed by atoms with Crippen molar-refractivity contribution in [2.45, 2.75) is 23.4 Å². The van der Waals surface area contributed by atoms with Gasteiger partial charge in [0.25, 0.3) is 0 Å². The zero-order chi connectivity index (χ0) is 20.3. The summed E-state index contributed by atoms with van der Waals surface area (Å²) in [6.45, 7) is -3.27. The van der Waals surface area contributed by atoms with Gasteiger partial charge in [0.1, 0.15) is 17.4 Å². The molecule has 0 fully saturated rings. The molecule has 4 rings (SSSR count). The largest absolute Gasteiger partial charge is 0.431 e. The van der Waals surface area contributed by atoms with Gasteiger partial charge >= 0.3 is 6.61 Å². The van der Waals surface area contributed by atoms with Crippen LogP contribution >= 0.6 is 11.8 Å². The number of alkyl halides is 2. The highest BCUT2D eigenvalue weighted by Gasteiger charge is 2.46. The van der Waals surface area contributed by atoms with Crippen LogP contribution in [0.4, 0.5) is 13.2 Å². The summed E-state index contributed by atoms with van der Waals surface area (Å²) in [5.74, 6) is -1.04. The van der Waals surface area contributed by atoms with Gasteiger partial charge in [-0.2, -0.15) is 14.0 Å². The summed E-state index contributed by atoms with van der Waals surface area (Å²) < 4.78 is 69.5. The molecule has 0 aliphatic carbocycles. The van der Waals surface area contributed by atoms with E-state index < -0.39 is 30.1 Å². The maximum Gasteiger partial charge on any atom is 0.387 e. The molecule has 25 heavy (non-hydrogen) atoms. The van der Waals surface area contributed by atoms with Crippen molar-refractivity contribution in [2.75, 3.05) is 12.2 Å². The van der Waals surface area contributed by atoms with Crippen molar-refractivity contribution in [3.63, 3.8) is 0 Å². The molecule has 1 spiro atoms. The Hall–Kier alpha value is -2.40. The predicted octanol–water partition coefficient (Wildman–Crippen LogP) is 3.78. The molecule has 0 aromatic heterocycles. The Labute approximate surface area is 150 Å². The highest BCUT2D eigenvalue weighted by atomic mass is 32.2. The molecule has 1 unspecified atom stereocenters. The monoisotopic (exact) mass is 366 g/mol. The van der Waals surface area contributed by atoms with Gasteiger partial charge in [-0.05, 0) is 18.0 Å². The first-order chi connectivity index (χ1) is 13.2. The fourth-order valence-corrected chi connectivity index (χ4v) is 3.91. The fraction of sp³-hybridized carbons (Fsp3) is 0.294. The molecule has 0 saturated heterocycles. The van der Waals surface area contributed by atoms with Gasteiger partial charge in [0.05, 0.1) is 12.1 Å². The van der Waals surface area contributed by atoms with E-state index in [1.165, 1.54) is 23.2 Å². The van der Waals surface area contributed by atoms with Crippen molar-refractivity contribution in [1.82, 2.24) is 4.90 Å². The number of hydrogen-bond acceptors (Lipinski definition) is 5. The third kappa shape index (κ3) is 2.59. The Morgan fingerprint density at radius 1 is 1.48 bits per heavy atom. The van der Waals surface area contributed by atoms with Crippen LogP contribution in [-0.2, 0) is 10.3 Å². The molecule has 3 aliphatic heterocycles. The molecule has 1 aromatic rings. The minimum absolute atomic E-state index is 0.0324. The molecule has 0 N–H and O–H groups in total. The number of hydrogen-bond donors (Lipinski definition) is 0. The molecule has 2 atom stereocenters. The first kappa shape index (κ1) is 12.9. The summed E-state index contributed by atoms with van der Waals surface area (Å²) >= 11 is 0.609. The van der Waals surface area contributed by atoms with Crippen molar-refractivity contribution < 1.29 is 22.0 Å². The number of aliphatic imine (C=N–C) groups is 1. The summed E-state index contributed by atoms with van der Waals surface area (Å²) in [6.07, 6.45) is 1.02. The maximum absolute atomic E-state index is 14.4. The lowest BCUT2D eigenvalue weighted by molar-refractivity contribution is -0.0906. The van der Waals surface area contributed by atoms with Crippen LogP contribution in [0.15, 0.2) is 51.7 Å². The van der Waals surface area contributed by atoms with Crippen LogP contribution in [0, 0.1) is 17.1 Å². The van der Waals surface area contributed by atoms with E-state index in [2.05, 4.69) is 9.73 Å². The summed E-state index contributed by atoms with van der Waals surface area (Å²) in [4.78, 5) is 5.82. The smallest absolute Gasteiger partial charge is 0.387 e. The summed E-state index contributed by atoms with van der Waals surface area (Å²) in [5, 5.41) is 9.17. The molecular formula is C17H12F3N3OS. The number of amidine groups is 1. The Morgan fingerprint density at radius 2 is 2.32 bits per heavy atom. The normalized spacial score (nSPS) is 31.0. The number of fused-ring (bicyclic) bond motifs is 3. The molecule has 128 valence electrons. The number of halogens is 3. The number of nitrogens with zero attached hydrogens (tertiary/aromatic N) is 3. The van der Waals surface area contributed by atoms with Crippen molar-refractivity contribution in [1.29, 1.82) is 5.26 Å². The van der Waals surface area contributed by atoms with Gasteiger partial charge in [-0.1, -0.05) is 12.1 Å². The Kier molecular flexibility index (Phi) is 3.01. The van der Waals surface area contributed by atoms with Crippen LogP contribution in [0.25, 0.3) is 0 Å². The second-order valence-electron chi connectivity index (χ2n) is 5.55. The Bertz CT molecular complexity index is 992. The van der Waals surface area contributed by atoms with Gasteiger partial charge in [0.2, 0.25) is 0 Å². The van der Waals surface area contributed by atoms with Crippen molar-refractivity contribution in [3.8, 4) is 6.07 Å². The van der Waals surface area contributed by atoms with E-state index in [0.717, 1.165) is 6.08 Å². The minimum Gasteiger partial charge on any atom is -0.431 e. The Morgan fingerprint density at radius 3 is 3.08 bits per heavy atom. The second-order valence-corrected chi connectivity index (χ2v) is 6.40. The van der Waals surface area contributed by atoms with Gasteiger partial charge in [-0.3, -0.25) is 4.99 Å². The van der Waals surface area contributed by atoms with E-state index in [1.807, 2.05) is 6.07 Å². The van der Waals surface area contributed by atoms with Crippen LogP contribution in [0.3, 0.4) is 0 Å². The van der Waals surface area contributed by atoms with Crippen LogP contribution in [-0.4, -0.2) is 29.6 Å². The summed E-state index contributed by atoms with van der Waals surface area (Å²) in [7, 11) is 0. The number of nitriles is 1. The second kappa shape index (κ2) is 5.85. The SMILES string of the molecule is [2H]C1C([2H])([2H])Sc2c(F)cccc2[C@]12CN1C=C(C#N)C=C(OC(F)F)C1=N2. The van der Waals surface area contributed by atoms with E-state index in [0.29, 0.717) is 17.3 Å². The average Bonchev–Trinajstić information content (AvgIpc) is 3.01. The number of allylic oxidation sites excluding steroid dienone is 2. The maximum atomic E-state index is 14.4. The van der Waals surface area contributed by atoms with Crippen LogP contribution < -0.4 is 0 Å². The third-order valence-electron chi connectivity index (χ3n) is 4.03. The first-order valence-corrected chi connectivity index (χ1v) is 8.05. The van der Waals surface area contributed by atoms with Crippen LogP contribution in [0.5, 0.6) is 0 Å². The highest BCUT2D eigenvalue weighted by Crippen LogP contribution is 2.47. The first-order valence-electron chi connectivity index (χ1n) is 8.81. The van der Waals surface area contributed by atoms with E-state index in [1.54, 1.807) is 6.07 Å². The topological polar surface area (TPSA) is 48.6 Å². The van der Waals surface area contributed by atoms with E-state index in [4.69, 9.17) is 4.11 Å². The fourth-order valence-electron chi connectivity index (χ4n) is 3.02. The van der Waals surface area contributed by atoms with Gasteiger partial charge in [-0.25, -0.2) is 4.39 Å². The molecule has 0 amide bonds. The molecule has 8 heteroatoms. The standard InChI is InChI=1S/C17H12F3N3OS/c18-12-3-1-2-11-14(12)25-5-4-17(11)9-23-8-10(7-21)6-13(15(23)22-17)24-16(19)20/h1-3,6,8,16H,4-5,9H2/t17-/m1/s1/i4D,5D2/t4?,17-. The van der Waals surface area contributed by atoms with Gasteiger partial charge in [0.15, 0.2) is 11.6 Å². The molecular weight excluding hydrogens is 351 g/mol. The zero-order valence-corrected chi connectivity index (χ0v) is 13.4. The zero-order valence-electron chi connectivity index (χ0n) is 15.5. The highest BCUT2D eigenvalue weighted by molar-refractivity contribution is 7.99. The number of thioether (sulfide) groups is 1. The average molecular weight is 366 g/mol. The summed E-state index contributed by atoms with van der Waals surface area (Å²) in [6, 6.07) is 6.02. The molecule has 4 nitrogen and oxygen atoms in total. The van der Waals surface area contributed by atoms with Crippen LogP contribution in [0.1, 0.15) is 16.1 Å². The lowest BCUT2D eigenvalue weighted by Crippen LogP contribution is -2.35. The molecule has 0 radical (unpaired) electrons. The minimum atomic E-state index is -3.16. The van der Waals surface area contributed by atoms with Crippen molar-refractivity contribution >= 4 is 17.6 Å². The summed E-state index contributed by atoms with van der Waals surface area (Å²) in [5.41, 5.74) is -3.38. The third-order valence-corrected chi connectivity index (χ3v) is 4.88. The molecule has 3 heterocycles. The van der Waals surface area contributed by atoms with Gasteiger partial charge in [0, 0.05) is 27.0 Å². The Balaban J connectivity index is 1.91. The molecule has 3 aliphatic rings. The van der Waals surface area contributed by atoms with E-state index in [-0.39, 0.29) is 28.6 Å². The number of ether oxygens (including phenoxy) is 1.